The molecule has 1 rings (SSSR count). The molecule has 102 valence electrons. The largest absolute Gasteiger partial charge is 0.462 e. The smallest absolute Gasteiger partial charge is 0.331 e. The molecule has 0 amide bonds. The lowest BCUT2D eigenvalue weighted by Gasteiger charge is -2.20. The first kappa shape index (κ1) is 14.7. The van der Waals surface area contributed by atoms with Gasteiger partial charge in [-0.25, -0.2) is 9.59 Å². The third-order valence-electron chi connectivity index (χ3n) is 2.75. The van der Waals surface area contributed by atoms with E-state index < -0.39 is 11.9 Å². The van der Waals surface area contributed by atoms with Gasteiger partial charge in [-0.1, -0.05) is 20.3 Å². The van der Waals surface area contributed by atoms with E-state index in [1.165, 1.54) is 6.42 Å². The van der Waals surface area contributed by atoms with Crippen LogP contribution < -0.4 is 0 Å². The number of hydrogen-bond donors (Lipinski definition) is 0. The van der Waals surface area contributed by atoms with Crippen LogP contribution in [-0.4, -0.2) is 24.6 Å². The van der Waals surface area contributed by atoms with Crippen molar-refractivity contribution < 1.29 is 19.1 Å². The van der Waals surface area contributed by atoms with E-state index in [9.17, 15) is 9.59 Å². The van der Waals surface area contributed by atoms with Crippen LogP contribution in [0, 0.1) is 5.92 Å². The monoisotopic (exact) mass is 254 g/mol. The zero-order valence-electron chi connectivity index (χ0n) is 11.2. The van der Waals surface area contributed by atoms with Gasteiger partial charge in [0.05, 0.1) is 6.61 Å². The number of carbonyl (C=O) groups excluding carboxylic acids is 2. The molecule has 0 aromatic heterocycles. The SMILES string of the molecule is CC(C)COC(=O)/C=C/C(=O)OC1CCCCC1. The topological polar surface area (TPSA) is 52.6 Å². The Morgan fingerprint density at radius 1 is 1.11 bits per heavy atom. The van der Waals surface area contributed by atoms with E-state index in [1.807, 2.05) is 13.8 Å². The van der Waals surface area contributed by atoms with Crippen molar-refractivity contribution in [2.24, 2.45) is 5.92 Å². The molecule has 0 spiro atoms. The predicted octanol–water partition coefficient (Wildman–Crippen LogP) is 2.62. The second-order valence-corrected chi connectivity index (χ2v) is 5.05. The number of hydrogen-bond acceptors (Lipinski definition) is 4. The van der Waals surface area contributed by atoms with Gasteiger partial charge in [0.2, 0.25) is 0 Å². The number of esters is 2. The molecule has 1 aliphatic rings. The maximum Gasteiger partial charge on any atom is 0.331 e. The van der Waals surface area contributed by atoms with E-state index in [0.717, 1.165) is 37.8 Å². The lowest BCUT2D eigenvalue weighted by molar-refractivity contribution is -0.145. The molecular formula is C14H22O4. The fraction of sp³-hybridized carbons (Fsp3) is 0.714. The normalized spacial score (nSPS) is 17.1. The Balaban J connectivity index is 2.23. The zero-order valence-corrected chi connectivity index (χ0v) is 11.2. The molecule has 4 nitrogen and oxygen atoms in total. The highest BCUT2D eigenvalue weighted by Crippen LogP contribution is 2.20. The molecule has 0 N–H and O–H groups in total. The Morgan fingerprint density at radius 2 is 1.72 bits per heavy atom. The molecular weight excluding hydrogens is 232 g/mol. The van der Waals surface area contributed by atoms with Gasteiger partial charge in [-0.15, -0.1) is 0 Å². The van der Waals surface area contributed by atoms with Crippen molar-refractivity contribution in [2.45, 2.75) is 52.1 Å². The van der Waals surface area contributed by atoms with Gasteiger partial charge in [-0.2, -0.15) is 0 Å². The van der Waals surface area contributed by atoms with Crippen LogP contribution in [0.3, 0.4) is 0 Å². The van der Waals surface area contributed by atoms with Crippen LogP contribution in [0.4, 0.5) is 0 Å². The van der Waals surface area contributed by atoms with E-state index in [-0.39, 0.29) is 12.0 Å². The average molecular weight is 254 g/mol. The maximum atomic E-state index is 11.4. The third kappa shape index (κ3) is 6.42. The third-order valence-corrected chi connectivity index (χ3v) is 2.75. The Labute approximate surface area is 108 Å². The van der Waals surface area contributed by atoms with Gasteiger partial charge >= 0.3 is 11.9 Å². The highest BCUT2D eigenvalue weighted by Gasteiger charge is 2.16. The van der Waals surface area contributed by atoms with Crippen molar-refractivity contribution in [1.82, 2.24) is 0 Å². The van der Waals surface area contributed by atoms with Crippen molar-refractivity contribution in [1.29, 1.82) is 0 Å². The first-order valence-electron chi connectivity index (χ1n) is 6.63. The van der Waals surface area contributed by atoms with E-state index in [1.54, 1.807) is 0 Å². The van der Waals surface area contributed by atoms with Crippen molar-refractivity contribution in [3.63, 3.8) is 0 Å². The van der Waals surface area contributed by atoms with Gasteiger partial charge < -0.3 is 9.47 Å². The summed E-state index contributed by atoms with van der Waals surface area (Å²) in [5.74, 6) is -0.663. The van der Waals surface area contributed by atoms with Crippen molar-refractivity contribution in [2.75, 3.05) is 6.61 Å². The van der Waals surface area contributed by atoms with Crippen LogP contribution in [0.2, 0.25) is 0 Å². The van der Waals surface area contributed by atoms with Crippen LogP contribution >= 0.6 is 0 Å². The summed E-state index contributed by atoms with van der Waals surface area (Å²) in [7, 11) is 0. The summed E-state index contributed by atoms with van der Waals surface area (Å²) in [4.78, 5) is 22.7. The Hall–Kier alpha value is -1.32. The molecule has 0 heterocycles. The lowest BCUT2D eigenvalue weighted by atomic mass is 9.98. The van der Waals surface area contributed by atoms with Crippen molar-refractivity contribution in [3.8, 4) is 0 Å². The standard InChI is InChI=1S/C14H22O4/c1-11(2)10-17-13(15)8-9-14(16)18-12-6-4-3-5-7-12/h8-9,11-12H,3-7,10H2,1-2H3/b9-8+. The van der Waals surface area contributed by atoms with Crippen LogP contribution in [0.15, 0.2) is 12.2 Å². The molecule has 1 aliphatic carbocycles. The summed E-state index contributed by atoms with van der Waals surface area (Å²) in [6, 6.07) is 0. The van der Waals surface area contributed by atoms with Crippen LogP contribution in [0.1, 0.15) is 46.0 Å². The van der Waals surface area contributed by atoms with Crippen LogP contribution in [0.25, 0.3) is 0 Å². The molecule has 18 heavy (non-hydrogen) atoms. The van der Waals surface area contributed by atoms with Gasteiger partial charge in [0.25, 0.3) is 0 Å². The fourth-order valence-electron chi connectivity index (χ4n) is 1.82. The molecule has 0 radical (unpaired) electrons. The Kier molecular flexibility index (Phi) is 6.47. The van der Waals surface area contributed by atoms with Gasteiger partial charge in [0.1, 0.15) is 6.10 Å². The molecule has 0 aromatic rings. The second-order valence-electron chi connectivity index (χ2n) is 5.05. The predicted molar refractivity (Wildman–Crippen MR) is 67.9 cm³/mol. The number of ether oxygens (including phenoxy) is 2. The Bertz CT molecular complexity index is 301. The molecule has 4 heteroatoms. The fourth-order valence-corrected chi connectivity index (χ4v) is 1.82. The summed E-state index contributed by atoms with van der Waals surface area (Å²) in [5, 5.41) is 0. The van der Waals surface area contributed by atoms with Gasteiger partial charge in [-0.3, -0.25) is 0 Å². The van der Waals surface area contributed by atoms with Crippen LogP contribution in [-0.2, 0) is 19.1 Å². The summed E-state index contributed by atoms with van der Waals surface area (Å²) in [6.45, 7) is 4.27. The van der Waals surface area contributed by atoms with Gasteiger partial charge in [-0.05, 0) is 31.6 Å². The minimum absolute atomic E-state index is 0.0163. The van der Waals surface area contributed by atoms with Crippen molar-refractivity contribution in [3.05, 3.63) is 12.2 Å². The molecule has 1 fully saturated rings. The summed E-state index contributed by atoms with van der Waals surface area (Å²) in [6.07, 6.45) is 7.59. The van der Waals surface area contributed by atoms with E-state index in [2.05, 4.69) is 0 Å². The van der Waals surface area contributed by atoms with E-state index in [0.29, 0.717) is 6.61 Å². The quantitative estimate of drug-likeness (QED) is 0.559. The molecule has 0 aliphatic heterocycles. The van der Waals surface area contributed by atoms with E-state index >= 15 is 0 Å². The van der Waals surface area contributed by atoms with Crippen LogP contribution in [0.5, 0.6) is 0 Å². The first-order valence-corrected chi connectivity index (χ1v) is 6.63. The average Bonchev–Trinajstić information content (AvgIpc) is 2.35. The second kappa shape index (κ2) is 7.90. The number of carbonyl (C=O) groups is 2. The van der Waals surface area contributed by atoms with Gasteiger partial charge in [0, 0.05) is 12.2 Å². The molecule has 0 saturated heterocycles. The van der Waals surface area contributed by atoms with Crippen molar-refractivity contribution >= 4 is 11.9 Å². The van der Waals surface area contributed by atoms with E-state index in [4.69, 9.17) is 9.47 Å². The highest BCUT2D eigenvalue weighted by molar-refractivity contribution is 5.91. The molecule has 0 bridgehead atoms. The minimum atomic E-state index is -0.496. The Morgan fingerprint density at radius 3 is 2.33 bits per heavy atom. The maximum absolute atomic E-state index is 11.4. The summed E-state index contributed by atoms with van der Waals surface area (Å²) >= 11 is 0. The highest BCUT2D eigenvalue weighted by atomic mass is 16.5. The molecule has 0 aromatic carbocycles. The minimum Gasteiger partial charge on any atom is -0.462 e. The molecule has 0 unspecified atom stereocenters. The number of rotatable bonds is 5. The van der Waals surface area contributed by atoms with Gasteiger partial charge in [0.15, 0.2) is 0 Å². The first-order chi connectivity index (χ1) is 8.58. The summed E-state index contributed by atoms with van der Waals surface area (Å²) < 4.78 is 10.1. The lowest BCUT2D eigenvalue weighted by Crippen LogP contribution is -2.19. The molecule has 0 atom stereocenters. The zero-order chi connectivity index (χ0) is 13.4. The summed E-state index contributed by atoms with van der Waals surface area (Å²) in [5.41, 5.74) is 0. The molecule has 1 saturated carbocycles.